The number of nitrogens with one attached hydrogen (secondary N) is 1. The second kappa shape index (κ2) is 10.2. The number of benzene rings is 2. The monoisotopic (exact) mass is 399 g/mol. The molecular weight excluding hydrogens is 374 g/mol. The molecule has 0 saturated heterocycles. The fraction of sp³-hybridized carbons (Fsp3) is 0.160. The van der Waals surface area contributed by atoms with Crippen molar-refractivity contribution in [3.8, 4) is 0 Å². The van der Waals surface area contributed by atoms with Crippen LogP contribution in [0, 0.1) is 6.92 Å². The van der Waals surface area contributed by atoms with Gasteiger partial charge in [0.2, 0.25) is 5.91 Å². The van der Waals surface area contributed by atoms with E-state index in [1.165, 1.54) is 4.90 Å². The first-order valence-corrected chi connectivity index (χ1v) is 9.82. The minimum atomic E-state index is -0.803. The van der Waals surface area contributed by atoms with Crippen molar-refractivity contribution in [1.29, 1.82) is 0 Å². The van der Waals surface area contributed by atoms with E-state index in [1.807, 2.05) is 61.5 Å². The van der Waals surface area contributed by atoms with E-state index in [2.05, 4.69) is 16.9 Å². The zero-order valence-corrected chi connectivity index (χ0v) is 17.0. The van der Waals surface area contributed by atoms with Gasteiger partial charge in [0.15, 0.2) is 0 Å². The smallest absolute Gasteiger partial charge is 0.273 e. The summed E-state index contributed by atoms with van der Waals surface area (Å²) in [6, 6.07) is 21.6. The molecule has 3 rings (SSSR count). The number of carbonyl (C=O) groups excluding carboxylic acids is 2. The Bertz CT molecular complexity index is 1000. The van der Waals surface area contributed by atoms with Crippen LogP contribution in [0.4, 0.5) is 0 Å². The van der Waals surface area contributed by atoms with Gasteiger partial charge in [-0.1, -0.05) is 66.7 Å². The second-order valence-electron chi connectivity index (χ2n) is 6.92. The van der Waals surface area contributed by atoms with Crippen LogP contribution in [0.3, 0.4) is 0 Å². The van der Waals surface area contributed by atoms with E-state index in [-0.39, 0.29) is 24.1 Å². The van der Waals surface area contributed by atoms with Gasteiger partial charge in [-0.25, -0.2) is 0 Å². The third-order valence-electron chi connectivity index (χ3n) is 4.82. The summed E-state index contributed by atoms with van der Waals surface area (Å²) in [6.45, 7) is 6.31. The highest BCUT2D eigenvalue weighted by Gasteiger charge is 2.32. The average Bonchev–Trinajstić information content (AvgIpc) is 2.79. The number of aryl methyl sites for hydroxylation is 1. The average molecular weight is 399 g/mol. The SMILES string of the molecule is C=CCN(C(=O)c1ccccn1)[C@H](C(=O)NCc1ccccc1)c1ccccc1C. The molecule has 0 aliphatic heterocycles. The molecule has 0 spiro atoms. The first-order chi connectivity index (χ1) is 14.6. The molecule has 0 radical (unpaired) electrons. The van der Waals surface area contributed by atoms with Gasteiger partial charge in [-0.15, -0.1) is 6.58 Å². The molecule has 0 unspecified atom stereocenters. The lowest BCUT2D eigenvalue weighted by atomic mass is 9.98. The molecule has 0 fully saturated rings. The molecule has 0 aliphatic carbocycles. The zero-order chi connectivity index (χ0) is 21.3. The van der Waals surface area contributed by atoms with Crippen molar-refractivity contribution in [2.45, 2.75) is 19.5 Å². The third-order valence-corrected chi connectivity index (χ3v) is 4.82. The van der Waals surface area contributed by atoms with Gasteiger partial charge in [-0.05, 0) is 35.7 Å². The van der Waals surface area contributed by atoms with Gasteiger partial charge in [0.1, 0.15) is 11.7 Å². The van der Waals surface area contributed by atoms with Gasteiger partial charge in [0.05, 0.1) is 0 Å². The normalized spacial score (nSPS) is 11.4. The Labute approximate surface area is 177 Å². The third kappa shape index (κ3) is 5.00. The van der Waals surface area contributed by atoms with E-state index in [1.54, 1.807) is 30.5 Å². The van der Waals surface area contributed by atoms with Crippen molar-refractivity contribution >= 4 is 11.8 Å². The van der Waals surface area contributed by atoms with Crippen molar-refractivity contribution in [2.24, 2.45) is 0 Å². The number of rotatable bonds is 8. The van der Waals surface area contributed by atoms with Crippen molar-refractivity contribution in [3.63, 3.8) is 0 Å². The molecule has 1 atom stereocenters. The maximum absolute atomic E-state index is 13.4. The maximum atomic E-state index is 13.4. The van der Waals surface area contributed by atoms with Crippen LogP contribution in [-0.4, -0.2) is 28.2 Å². The van der Waals surface area contributed by atoms with E-state index < -0.39 is 6.04 Å². The highest BCUT2D eigenvalue weighted by molar-refractivity contribution is 5.96. The van der Waals surface area contributed by atoms with Gasteiger partial charge >= 0.3 is 0 Å². The van der Waals surface area contributed by atoms with E-state index in [0.29, 0.717) is 6.54 Å². The summed E-state index contributed by atoms with van der Waals surface area (Å²) in [6.07, 6.45) is 3.19. The fourth-order valence-corrected chi connectivity index (χ4v) is 3.31. The topological polar surface area (TPSA) is 62.3 Å². The van der Waals surface area contributed by atoms with Crippen LogP contribution >= 0.6 is 0 Å². The number of hydrogen-bond acceptors (Lipinski definition) is 3. The standard InChI is InChI=1S/C25H25N3O2/c1-3-17-28(25(30)22-15-9-10-16-26-22)23(21-14-8-7-11-19(21)2)24(29)27-18-20-12-5-4-6-13-20/h3-16,23H,1,17-18H2,2H3,(H,27,29)/t23-/m0/s1. The molecule has 2 amide bonds. The maximum Gasteiger partial charge on any atom is 0.273 e. The molecule has 0 aliphatic rings. The summed E-state index contributed by atoms with van der Waals surface area (Å²) >= 11 is 0. The summed E-state index contributed by atoms with van der Waals surface area (Å²) in [4.78, 5) is 32.3. The number of amides is 2. The number of carbonyl (C=O) groups is 2. The number of pyridine rings is 1. The summed E-state index contributed by atoms with van der Waals surface area (Å²) < 4.78 is 0. The molecule has 3 aromatic rings. The molecule has 2 aromatic carbocycles. The Balaban J connectivity index is 1.96. The number of aromatic nitrogens is 1. The molecule has 1 heterocycles. The molecule has 1 aromatic heterocycles. The van der Waals surface area contributed by atoms with Crippen molar-refractivity contribution in [1.82, 2.24) is 15.2 Å². The zero-order valence-electron chi connectivity index (χ0n) is 17.0. The van der Waals surface area contributed by atoms with E-state index >= 15 is 0 Å². The lowest BCUT2D eigenvalue weighted by molar-refractivity contribution is -0.126. The highest BCUT2D eigenvalue weighted by atomic mass is 16.2. The van der Waals surface area contributed by atoms with Gasteiger partial charge in [-0.3, -0.25) is 14.6 Å². The van der Waals surface area contributed by atoms with Crippen LogP contribution in [-0.2, 0) is 11.3 Å². The van der Waals surface area contributed by atoms with Crippen LogP contribution < -0.4 is 5.32 Å². The Morgan fingerprint density at radius 3 is 2.40 bits per heavy atom. The largest absolute Gasteiger partial charge is 0.350 e. The summed E-state index contributed by atoms with van der Waals surface area (Å²) in [5, 5.41) is 2.98. The molecule has 0 bridgehead atoms. The lowest BCUT2D eigenvalue weighted by Crippen LogP contribution is -2.44. The molecule has 0 saturated carbocycles. The molecule has 5 heteroatoms. The molecule has 5 nitrogen and oxygen atoms in total. The van der Waals surface area contributed by atoms with E-state index in [4.69, 9.17) is 0 Å². The first-order valence-electron chi connectivity index (χ1n) is 9.82. The Kier molecular flexibility index (Phi) is 7.11. The lowest BCUT2D eigenvalue weighted by Gasteiger charge is -2.31. The van der Waals surface area contributed by atoms with Gasteiger partial charge in [0, 0.05) is 19.3 Å². The van der Waals surface area contributed by atoms with Crippen LogP contribution in [0.25, 0.3) is 0 Å². The highest BCUT2D eigenvalue weighted by Crippen LogP contribution is 2.26. The quantitative estimate of drug-likeness (QED) is 0.581. The van der Waals surface area contributed by atoms with Crippen molar-refractivity contribution in [2.75, 3.05) is 6.54 Å². The van der Waals surface area contributed by atoms with Crippen LogP contribution in [0.5, 0.6) is 0 Å². The minimum absolute atomic E-state index is 0.215. The number of nitrogens with zero attached hydrogens (tertiary/aromatic N) is 2. The van der Waals surface area contributed by atoms with Crippen molar-refractivity contribution in [3.05, 3.63) is 114 Å². The minimum Gasteiger partial charge on any atom is -0.350 e. The van der Waals surface area contributed by atoms with Gasteiger partial charge < -0.3 is 10.2 Å². The fourth-order valence-electron chi connectivity index (χ4n) is 3.31. The van der Waals surface area contributed by atoms with E-state index in [9.17, 15) is 9.59 Å². The molecular formula is C25H25N3O2. The predicted octanol–water partition coefficient (Wildman–Crippen LogP) is 4.08. The van der Waals surface area contributed by atoms with Crippen LogP contribution in [0.1, 0.15) is 33.2 Å². The molecule has 1 N–H and O–H groups in total. The van der Waals surface area contributed by atoms with Gasteiger partial charge in [-0.2, -0.15) is 0 Å². The molecule has 152 valence electrons. The summed E-state index contributed by atoms with van der Waals surface area (Å²) in [5.74, 6) is -0.571. The Morgan fingerprint density at radius 2 is 1.73 bits per heavy atom. The van der Waals surface area contributed by atoms with Crippen LogP contribution in [0.2, 0.25) is 0 Å². The van der Waals surface area contributed by atoms with Crippen molar-refractivity contribution < 1.29 is 9.59 Å². The first kappa shape index (κ1) is 21.0. The van der Waals surface area contributed by atoms with Gasteiger partial charge in [0.25, 0.3) is 5.91 Å². The Hall–Kier alpha value is -3.73. The Morgan fingerprint density at radius 1 is 1.03 bits per heavy atom. The molecule has 30 heavy (non-hydrogen) atoms. The number of hydrogen-bond donors (Lipinski definition) is 1. The second-order valence-corrected chi connectivity index (χ2v) is 6.92. The predicted molar refractivity (Wildman–Crippen MR) is 118 cm³/mol. The summed E-state index contributed by atoms with van der Waals surface area (Å²) in [5.41, 5.74) is 2.98. The summed E-state index contributed by atoms with van der Waals surface area (Å²) in [7, 11) is 0. The van der Waals surface area contributed by atoms with E-state index in [0.717, 1.165) is 16.7 Å². The van der Waals surface area contributed by atoms with Crippen LogP contribution in [0.15, 0.2) is 91.6 Å².